The van der Waals surface area contributed by atoms with Crippen LogP contribution in [0, 0.1) is 0 Å². The highest BCUT2D eigenvalue weighted by Crippen LogP contribution is 2.23. The fourth-order valence-corrected chi connectivity index (χ4v) is 2.34. The summed E-state index contributed by atoms with van der Waals surface area (Å²) in [5.41, 5.74) is 0. The van der Waals surface area contributed by atoms with Gasteiger partial charge in [-0.15, -0.1) is 12.4 Å². The van der Waals surface area contributed by atoms with Crippen molar-refractivity contribution in [1.29, 1.82) is 0 Å². The third-order valence-corrected chi connectivity index (χ3v) is 3.61. The first-order chi connectivity index (χ1) is 10.2. The van der Waals surface area contributed by atoms with Gasteiger partial charge >= 0.3 is 0 Å². The molecular formula is C14H26ClN5O2. The van der Waals surface area contributed by atoms with Gasteiger partial charge in [0.2, 0.25) is 5.95 Å². The molecule has 0 radical (unpaired) electrons. The predicted octanol–water partition coefficient (Wildman–Crippen LogP) is 1.46. The summed E-state index contributed by atoms with van der Waals surface area (Å²) in [4.78, 5) is 16.2. The fourth-order valence-electron chi connectivity index (χ4n) is 2.34. The molecule has 0 saturated carbocycles. The fraction of sp³-hybridized carbons (Fsp3) is 0.786. The Hall–Kier alpha value is -1.18. The summed E-state index contributed by atoms with van der Waals surface area (Å²) in [7, 11) is 1.80. The van der Waals surface area contributed by atoms with E-state index in [4.69, 9.17) is 4.74 Å². The summed E-state index contributed by atoms with van der Waals surface area (Å²) in [5, 5.41) is 10.5. The number of ether oxygens (including phenoxy) is 1. The second-order valence-electron chi connectivity index (χ2n) is 5.40. The third kappa shape index (κ3) is 5.55. The molecule has 2 N–H and O–H groups in total. The van der Waals surface area contributed by atoms with E-state index in [0.717, 1.165) is 44.6 Å². The number of anilines is 1. The zero-order chi connectivity index (χ0) is 15.1. The van der Waals surface area contributed by atoms with Gasteiger partial charge in [-0.1, -0.05) is 13.3 Å². The first-order valence-electron chi connectivity index (χ1n) is 7.70. The molecule has 0 aromatic carbocycles. The highest BCUT2D eigenvalue weighted by atomic mass is 35.5. The molecule has 126 valence electrons. The Labute approximate surface area is 137 Å². The minimum absolute atomic E-state index is 0. The average molecular weight is 332 g/mol. The van der Waals surface area contributed by atoms with Crippen molar-refractivity contribution in [2.45, 2.75) is 38.5 Å². The monoisotopic (exact) mass is 331 g/mol. The van der Waals surface area contributed by atoms with E-state index in [1.807, 2.05) is 0 Å². The standard InChI is InChI=1S/C14H25N5O2.ClH/c1-3-4-9-21-10-12(20)16-14-17-13(18-19(14)2)11-5-7-15-8-6-11;/h11,15H,3-10H2,1-2H3,(H,16,17,18,20);1H. The van der Waals surface area contributed by atoms with Gasteiger partial charge in [-0.05, 0) is 32.4 Å². The average Bonchev–Trinajstić information content (AvgIpc) is 2.86. The van der Waals surface area contributed by atoms with Crippen molar-refractivity contribution in [2.75, 3.05) is 31.6 Å². The summed E-state index contributed by atoms with van der Waals surface area (Å²) in [6, 6.07) is 0. The Bertz CT molecular complexity index is 460. The second-order valence-corrected chi connectivity index (χ2v) is 5.40. The van der Waals surface area contributed by atoms with Gasteiger partial charge in [0.05, 0.1) is 0 Å². The number of nitrogens with one attached hydrogen (secondary N) is 2. The lowest BCUT2D eigenvalue weighted by atomic mass is 9.98. The van der Waals surface area contributed by atoms with E-state index in [9.17, 15) is 4.79 Å². The number of aryl methyl sites for hydroxylation is 1. The minimum atomic E-state index is -0.182. The molecule has 0 aliphatic carbocycles. The molecule has 0 atom stereocenters. The maximum atomic E-state index is 11.8. The number of nitrogens with zero attached hydrogens (tertiary/aromatic N) is 3. The molecule has 1 aliphatic heterocycles. The Balaban J connectivity index is 0.00000242. The van der Waals surface area contributed by atoms with Crippen LogP contribution in [0.1, 0.15) is 44.3 Å². The number of hydrogen-bond acceptors (Lipinski definition) is 5. The van der Waals surface area contributed by atoms with Gasteiger partial charge < -0.3 is 10.1 Å². The molecule has 7 nitrogen and oxygen atoms in total. The number of halogens is 1. The first kappa shape index (κ1) is 18.9. The first-order valence-corrected chi connectivity index (χ1v) is 7.70. The van der Waals surface area contributed by atoms with Gasteiger partial charge in [0, 0.05) is 19.6 Å². The smallest absolute Gasteiger partial charge is 0.252 e. The Kier molecular flexibility index (Phi) is 8.37. The van der Waals surface area contributed by atoms with Crippen molar-refractivity contribution in [3.63, 3.8) is 0 Å². The van der Waals surface area contributed by atoms with Crippen molar-refractivity contribution in [1.82, 2.24) is 20.1 Å². The van der Waals surface area contributed by atoms with E-state index in [1.54, 1.807) is 11.7 Å². The van der Waals surface area contributed by atoms with E-state index in [2.05, 4.69) is 27.6 Å². The van der Waals surface area contributed by atoms with Gasteiger partial charge in [-0.25, -0.2) is 4.68 Å². The number of unbranched alkanes of at least 4 members (excludes halogenated alkanes) is 1. The molecule has 1 saturated heterocycles. The van der Waals surface area contributed by atoms with Crippen molar-refractivity contribution >= 4 is 24.3 Å². The third-order valence-electron chi connectivity index (χ3n) is 3.61. The highest BCUT2D eigenvalue weighted by molar-refractivity contribution is 5.90. The summed E-state index contributed by atoms with van der Waals surface area (Å²) >= 11 is 0. The van der Waals surface area contributed by atoms with Crippen LogP contribution in [0.15, 0.2) is 0 Å². The number of carbonyl (C=O) groups excluding carboxylic acids is 1. The summed E-state index contributed by atoms with van der Waals surface area (Å²) < 4.78 is 6.92. The van der Waals surface area contributed by atoms with Crippen molar-refractivity contribution < 1.29 is 9.53 Å². The SMILES string of the molecule is CCCCOCC(=O)Nc1nc(C2CCNCC2)nn1C.Cl. The normalized spacial score (nSPS) is 15.4. The lowest BCUT2D eigenvalue weighted by Crippen LogP contribution is -2.27. The van der Waals surface area contributed by atoms with Crippen molar-refractivity contribution in [3.05, 3.63) is 5.82 Å². The molecule has 0 unspecified atom stereocenters. The molecule has 1 aromatic heterocycles. The maximum absolute atomic E-state index is 11.8. The maximum Gasteiger partial charge on any atom is 0.252 e. The minimum Gasteiger partial charge on any atom is -0.372 e. The molecule has 2 heterocycles. The molecule has 8 heteroatoms. The van der Waals surface area contributed by atoms with Crippen molar-refractivity contribution in [2.24, 2.45) is 7.05 Å². The van der Waals surface area contributed by atoms with Crippen LogP contribution < -0.4 is 10.6 Å². The quantitative estimate of drug-likeness (QED) is 0.739. The topological polar surface area (TPSA) is 81.1 Å². The molecule has 1 amide bonds. The highest BCUT2D eigenvalue weighted by Gasteiger charge is 2.21. The second kappa shape index (κ2) is 9.76. The largest absolute Gasteiger partial charge is 0.372 e. The molecule has 0 spiro atoms. The van der Waals surface area contributed by atoms with Crippen LogP contribution in [-0.2, 0) is 16.6 Å². The number of piperidine rings is 1. The molecule has 22 heavy (non-hydrogen) atoms. The van der Waals surface area contributed by atoms with E-state index in [-0.39, 0.29) is 24.9 Å². The molecule has 1 aromatic rings. The van der Waals surface area contributed by atoms with Crippen LogP contribution in [0.5, 0.6) is 0 Å². The number of hydrogen-bond donors (Lipinski definition) is 2. The van der Waals surface area contributed by atoms with Crippen LogP contribution in [-0.4, -0.2) is 47.0 Å². The van der Waals surface area contributed by atoms with Crippen molar-refractivity contribution in [3.8, 4) is 0 Å². The zero-order valence-corrected chi connectivity index (χ0v) is 14.1. The zero-order valence-electron chi connectivity index (χ0n) is 13.3. The van der Waals surface area contributed by atoms with Crippen LogP contribution >= 0.6 is 12.4 Å². The molecule has 2 rings (SSSR count). The van der Waals surface area contributed by atoms with E-state index in [1.165, 1.54) is 0 Å². The molecule has 1 aliphatic rings. The Morgan fingerprint density at radius 1 is 1.45 bits per heavy atom. The Morgan fingerprint density at radius 2 is 2.18 bits per heavy atom. The summed E-state index contributed by atoms with van der Waals surface area (Å²) in [6.45, 7) is 4.76. The number of aromatic nitrogens is 3. The number of carbonyl (C=O) groups is 1. The molecular weight excluding hydrogens is 306 g/mol. The van der Waals surface area contributed by atoms with Crippen LogP contribution in [0.4, 0.5) is 5.95 Å². The molecule has 0 bridgehead atoms. The molecule has 1 fully saturated rings. The lowest BCUT2D eigenvalue weighted by molar-refractivity contribution is -0.120. The van der Waals surface area contributed by atoms with E-state index < -0.39 is 0 Å². The van der Waals surface area contributed by atoms with E-state index in [0.29, 0.717) is 18.5 Å². The van der Waals surface area contributed by atoms with Gasteiger partial charge in [-0.2, -0.15) is 10.1 Å². The predicted molar refractivity (Wildman–Crippen MR) is 87.5 cm³/mol. The van der Waals surface area contributed by atoms with Gasteiger partial charge in [0.25, 0.3) is 5.91 Å². The summed E-state index contributed by atoms with van der Waals surface area (Å²) in [6.07, 6.45) is 4.11. The van der Waals surface area contributed by atoms with Crippen LogP contribution in [0.3, 0.4) is 0 Å². The van der Waals surface area contributed by atoms with Gasteiger partial charge in [0.15, 0.2) is 5.82 Å². The lowest BCUT2D eigenvalue weighted by Gasteiger charge is -2.19. The van der Waals surface area contributed by atoms with Crippen LogP contribution in [0.2, 0.25) is 0 Å². The van der Waals surface area contributed by atoms with E-state index >= 15 is 0 Å². The van der Waals surface area contributed by atoms with Crippen LogP contribution in [0.25, 0.3) is 0 Å². The van der Waals surface area contributed by atoms with Gasteiger partial charge in [0.1, 0.15) is 6.61 Å². The Morgan fingerprint density at radius 3 is 2.86 bits per heavy atom. The number of rotatable bonds is 7. The summed E-state index contributed by atoms with van der Waals surface area (Å²) in [5.74, 6) is 1.51. The van der Waals surface area contributed by atoms with Gasteiger partial charge in [-0.3, -0.25) is 10.1 Å². The number of amides is 1.